The van der Waals surface area contributed by atoms with Crippen molar-refractivity contribution < 1.29 is 4.74 Å². The minimum absolute atomic E-state index is 0.0443. The average Bonchev–Trinajstić information content (AvgIpc) is 2.81. The maximum Gasteiger partial charge on any atom is 0.119 e. The smallest absolute Gasteiger partial charge is 0.119 e. The zero-order valence-electron chi connectivity index (χ0n) is 9.44. The summed E-state index contributed by atoms with van der Waals surface area (Å²) in [5.74, 6) is 0.874. The first kappa shape index (κ1) is 11.2. The van der Waals surface area contributed by atoms with Gasteiger partial charge in [-0.3, -0.25) is 0 Å². The van der Waals surface area contributed by atoms with Crippen molar-refractivity contribution in [2.24, 2.45) is 5.73 Å². The normalized spacial score (nSPS) is 12.4. The summed E-state index contributed by atoms with van der Waals surface area (Å²) in [5, 5.41) is 4.14. The van der Waals surface area contributed by atoms with Crippen LogP contribution in [0.15, 0.2) is 35.0 Å². The van der Waals surface area contributed by atoms with Crippen LogP contribution in [0.1, 0.15) is 22.7 Å². The number of hydrogen-bond acceptors (Lipinski definition) is 3. The lowest BCUT2D eigenvalue weighted by molar-refractivity contribution is 0.414. The highest BCUT2D eigenvalue weighted by molar-refractivity contribution is 7.08. The van der Waals surface area contributed by atoms with Gasteiger partial charge in [0.25, 0.3) is 0 Å². The summed E-state index contributed by atoms with van der Waals surface area (Å²) in [6, 6.07) is 8.03. The zero-order chi connectivity index (χ0) is 11.5. The number of rotatable bonds is 3. The lowest BCUT2D eigenvalue weighted by atomic mass is 9.97. The number of hydrogen-bond donors (Lipinski definition) is 1. The van der Waals surface area contributed by atoms with Gasteiger partial charge in [-0.1, -0.05) is 6.07 Å². The van der Waals surface area contributed by atoms with E-state index in [2.05, 4.69) is 18.4 Å². The van der Waals surface area contributed by atoms with Crippen molar-refractivity contribution in [1.29, 1.82) is 0 Å². The summed E-state index contributed by atoms with van der Waals surface area (Å²) in [4.78, 5) is 0. The molecule has 0 aliphatic heterocycles. The fraction of sp³-hybridized carbons (Fsp3) is 0.231. The van der Waals surface area contributed by atoms with Crippen LogP contribution in [0.3, 0.4) is 0 Å². The highest BCUT2D eigenvalue weighted by atomic mass is 32.1. The standard InChI is InChI=1S/C13H15NOS/c1-9-7-11(15-2)3-4-12(9)13(14)10-5-6-16-8-10/h3-8,13H,14H2,1-2H3. The van der Waals surface area contributed by atoms with Crippen molar-refractivity contribution in [1.82, 2.24) is 0 Å². The molecule has 2 nitrogen and oxygen atoms in total. The summed E-state index contributed by atoms with van der Waals surface area (Å²) in [5.41, 5.74) is 9.70. The predicted molar refractivity (Wildman–Crippen MR) is 68.1 cm³/mol. The van der Waals surface area contributed by atoms with Gasteiger partial charge in [0, 0.05) is 0 Å². The minimum Gasteiger partial charge on any atom is -0.497 e. The van der Waals surface area contributed by atoms with Crippen LogP contribution in [0.4, 0.5) is 0 Å². The second-order valence-corrected chi connectivity index (χ2v) is 4.54. The van der Waals surface area contributed by atoms with Gasteiger partial charge in [0.2, 0.25) is 0 Å². The molecular formula is C13H15NOS. The van der Waals surface area contributed by atoms with E-state index in [1.807, 2.05) is 23.6 Å². The van der Waals surface area contributed by atoms with Crippen LogP contribution >= 0.6 is 11.3 Å². The van der Waals surface area contributed by atoms with Gasteiger partial charge in [0.15, 0.2) is 0 Å². The van der Waals surface area contributed by atoms with Crippen molar-refractivity contribution in [2.75, 3.05) is 7.11 Å². The number of methoxy groups -OCH3 is 1. The van der Waals surface area contributed by atoms with E-state index >= 15 is 0 Å². The van der Waals surface area contributed by atoms with Crippen LogP contribution in [0.2, 0.25) is 0 Å². The van der Waals surface area contributed by atoms with Gasteiger partial charge in [-0.05, 0) is 52.6 Å². The Morgan fingerprint density at radius 2 is 2.12 bits per heavy atom. The molecule has 0 saturated carbocycles. The van der Waals surface area contributed by atoms with E-state index in [4.69, 9.17) is 10.5 Å². The molecule has 2 N–H and O–H groups in total. The highest BCUT2D eigenvalue weighted by Gasteiger charge is 2.12. The fourth-order valence-electron chi connectivity index (χ4n) is 1.76. The Morgan fingerprint density at radius 1 is 1.31 bits per heavy atom. The molecule has 0 aliphatic rings. The Kier molecular flexibility index (Phi) is 3.27. The Hall–Kier alpha value is -1.32. The molecule has 0 radical (unpaired) electrons. The third-order valence-electron chi connectivity index (χ3n) is 2.71. The molecule has 0 bridgehead atoms. The van der Waals surface area contributed by atoms with Gasteiger partial charge in [-0.15, -0.1) is 0 Å². The van der Waals surface area contributed by atoms with Gasteiger partial charge in [-0.2, -0.15) is 11.3 Å². The first-order chi connectivity index (χ1) is 7.72. The van der Waals surface area contributed by atoms with Crippen LogP contribution in [-0.2, 0) is 0 Å². The zero-order valence-corrected chi connectivity index (χ0v) is 10.3. The molecular weight excluding hydrogens is 218 g/mol. The summed E-state index contributed by atoms with van der Waals surface area (Å²) < 4.78 is 5.18. The lowest BCUT2D eigenvalue weighted by Gasteiger charge is -2.14. The Morgan fingerprint density at radius 3 is 2.69 bits per heavy atom. The molecule has 0 saturated heterocycles. The van der Waals surface area contributed by atoms with Gasteiger partial charge in [-0.25, -0.2) is 0 Å². The van der Waals surface area contributed by atoms with Gasteiger partial charge >= 0.3 is 0 Å². The van der Waals surface area contributed by atoms with Crippen LogP contribution in [0, 0.1) is 6.92 Å². The van der Waals surface area contributed by atoms with Crippen molar-refractivity contribution in [3.63, 3.8) is 0 Å². The number of thiophene rings is 1. The van der Waals surface area contributed by atoms with Crippen LogP contribution in [0.5, 0.6) is 5.75 Å². The van der Waals surface area contributed by atoms with Crippen molar-refractivity contribution in [3.8, 4) is 5.75 Å². The SMILES string of the molecule is COc1ccc(C(N)c2ccsc2)c(C)c1. The molecule has 1 aromatic heterocycles. The summed E-state index contributed by atoms with van der Waals surface area (Å²) in [7, 11) is 1.67. The van der Waals surface area contributed by atoms with Crippen molar-refractivity contribution >= 4 is 11.3 Å². The topological polar surface area (TPSA) is 35.2 Å². The predicted octanol–water partition coefficient (Wildman–Crippen LogP) is 3.11. The molecule has 1 aromatic carbocycles. The molecule has 3 heteroatoms. The van der Waals surface area contributed by atoms with E-state index in [1.54, 1.807) is 18.4 Å². The molecule has 0 spiro atoms. The number of aryl methyl sites for hydroxylation is 1. The van der Waals surface area contributed by atoms with Crippen LogP contribution < -0.4 is 10.5 Å². The van der Waals surface area contributed by atoms with E-state index in [9.17, 15) is 0 Å². The number of nitrogens with two attached hydrogens (primary N) is 1. The molecule has 1 unspecified atom stereocenters. The van der Waals surface area contributed by atoms with Crippen LogP contribution in [0.25, 0.3) is 0 Å². The largest absolute Gasteiger partial charge is 0.497 e. The third-order valence-corrected chi connectivity index (χ3v) is 3.42. The quantitative estimate of drug-likeness (QED) is 0.884. The highest BCUT2D eigenvalue weighted by Crippen LogP contribution is 2.26. The van der Waals surface area contributed by atoms with E-state index < -0.39 is 0 Å². The molecule has 2 rings (SSSR count). The van der Waals surface area contributed by atoms with Gasteiger partial charge < -0.3 is 10.5 Å². The molecule has 84 valence electrons. The third kappa shape index (κ3) is 2.10. The maximum atomic E-state index is 6.22. The second kappa shape index (κ2) is 4.68. The minimum atomic E-state index is -0.0443. The van der Waals surface area contributed by atoms with Gasteiger partial charge in [0.05, 0.1) is 13.2 Å². The molecule has 1 heterocycles. The molecule has 0 fully saturated rings. The fourth-order valence-corrected chi connectivity index (χ4v) is 2.45. The van der Waals surface area contributed by atoms with Gasteiger partial charge in [0.1, 0.15) is 5.75 Å². The maximum absolute atomic E-state index is 6.22. The lowest BCUT2D eigenvalue weighted by Crippen LogP contribution is -2.12. The van der Waals surface area contributed by atoms with E-state index in [1.165, 1.54) is 5.56 Å². The first-order valence-electron chi connectivity index (χ1n) is 5.14. The Bertz CT molecular complexity index is 465. The van der Waals surface area contributed by atoms with E-state index in [0.29, 0.717) is 0 Å². The molecule has 16 heavy (non-hydrogen) atoms. The number of ether oxygens (including phenoxy) is 1. The molecule has 0 amide bonds. The summed E-state index contributed by atoms with van der Waals surface area (Å²) in [6.07, 6.45) is 0. The van der Waals surface area contributed by atoms with Crippen LogP contribution in [-0.4, -0.2) is 7.11 Å². The molecule has 2 aromatic rings. The Labute approximate surface area is 99.7 Å². The second-order valence-electron chi connectivity index (χ2n) is 3.76. The summed E-state index contributed by atoms with van der Waals surface area (Å²) in [6.45, 7) is 2.06. The first-order valence-corrected chi connectivity index (χ1v) is 6.09. The van der Waals surface area contributed by atoms with E-state index in [0.717, 1.165) is 16.9 Å². The number of benzene rings is 1. The molecule has 1 atom stereocenters. The average molecular weight is 233 g/mol. The van der Waals surface area contributed by atoms with Crippen molar-refractivity contribution in [3.05, 3.63) is 51.7 Å². The Balaban J connectivity index is 2.34. The molecule has 0 aliphatic carbocycles. The summed E-state index contributed by atoms with van der Waals surface area (Å²) >= 11 is 1.67. The van der Waals surface area contributed by atoms with Crippen molar-refractivity contribution in [2.45, 2.75) is 13.0 Å². The monoisotopic (exact) mass is 233 g/mol. The van der Waals surface area contributed by atoms with E-state index in [-0.39, 0.29) is 6.04 Å².